The van der Waals surface area contributed by atoms with Crippen LogP contribution >= 0.6 is 15.9 Å². The first-order valence-electron chi connectivity index (χ1n) is 11.9. The van der Waals surface area contributed by atoms with E-state index in [-0.39, 0.29) is 17.5 Å². The fraction of sp³-hybridized carbons (Fsp3) is 0.222. The minimum Gasteiger partial charge on any atom is -0.508 e. The number of phenolic OH excluding ortho intramolecular Hbond substituents is 1. The number of aromatic hydroxyl groups is 1. The highest BCUT2D eigenvalue weighted by Crippen LogP contribution is 2.28. The van der Waals surface area contributed by atoms with Crippen molar-refractivity contribution in [1.82, 2.24) is 28.6 Å². The van der Waals surface area contributed by atoms with Gasteiger partial charge in [-0.25, -0.2) is 14.8 Å². The molecule has 1 atom stereocenters. The van der Waals surface area contributed by atoms with Gasteiger partial charge in [-0.15, -0.1) is 0 Å². The van der Waals surface area contributed by atoms with Gasteiger partial charge in [0, 0.05) is 26.3 Å². The molecule has 0 saturated carbocycles. The quantitative estimate of drug-likeness (QED) is 0.352. The molecule has 0 aliphatic carbocycles. The predicted molar refractivity (Wildman–Crippen MR) is 142 cm³/mol. The Morgan fingerprint density at radius 2 is 1.75 bits per heavy atom. The van der Waals surface area contributed by atoms with Gasteiger partial charge in [-0.2, -0.15) is 0 Å². The number of halogens is 1. The molecular formula is C27H25BrN6O2. The molecule has 1 N–H and O–H groups in total. The molecule has 0 spiro atoms. The van der Waals surface area contributed by atoms with Crippen molar-refractivity contribution in [3.8, 4) is 22.6 Å². The number of fused-ring (bicyclic) bond motifs is 1. The summed E-state index contributed by atoms with van der Waals surface area (Å²) in [5.74, 6) is 1.23. The van der Waals surface area contributed by atoms with E-state index >= 15 is 0 Å². The van der Waals surface area contributed by atoms with Gasteiger partial charge in [-0.1, -0.05) is 24.3 Å². The zero-order valence-corrected chi connectivity index (χ0v) is 21.3. The largest absolute Gasteiger partial charge is 0.508 e. The van der Waals surface area contributed by atoms with Crippen molar-refractivity contribution in [3.05, 3.63) is 94.0 Å². The van der Waals surface area contributed by atoms with E-state index in [1.54, 1.807) is 22.9 Å². The lowest BCUT2D eigenvalue weighted by molar-refractivity contribution is 0.304. The maximum atomic E-state index is 13.8. The number of nitrogens with zero attached hydrogens (tertiary/aromatic N) is 6. The lowest BCUT2D eigenvalue weighted by Gasteiger charge is -2.16. The topological polar surface area (TPSA) is 81.1 Å². The number of phenols is 1. The predicted octanol–water partition coefficient (Wildman–Crippen LogP) is 4.50. The van der Waals surface area contributed by atoms with E-state index in [2.05, 4.69) is 30.8 Å². The molecule has 3 aromatic heterocycles. The Labute approximate surface area is 216 Å². The normalized spacial score (nSPS) is 16.2. The zero-order chi connectivity index (χ0) is 24.8. The Balaban J connectivity index is 1.33. The fourth-order valence-corrected chi connectivity index (χ4v) is 5.33. The summed E-state index contributed by atoms with van der Waals surface area (Å²) in [6.45, 7) is 2.39. The van der Waals surface area contributed by atoms with E-state index < -0.39 is 0 Å². The Bertz CT molecular complexity index is 1600. The van der Waals surface area contributed by atoms with Crippen LogP contribution in [0.25, 0.3) is 28.0 Å². The molecule has 0 amide bonds. The third kappa shape index (κ3) is 3.94. The summed E-state index contributed by atoms with van der Waals surface area (Å²) in [6.07, 6.45) is 4.44. The number of hydrogen-bond donors (Lipinski definition) is 1. The van der Waals surface area contributed by atoms with Gasteiger partial charge in [0.05, 0.1) is 30.0 Å². The summed E-state index contributed by atoms with van der Waals surface area (Å²) in [7, 11) is 1.99. The minimum absolute atomic E-state index is 0.0381. The molecule has 8 nitrogen and oxygen atoms in total. The third-order valence-corrected chi connectivity index (χ3v) is 7.70. The first-order chi connectivity index (χ1) is 17.5. The summed E-state index contributed by atoms with van der Waals surface area (Å²) in [5.41, 5.74) is 4.24. The van der Waals surface area contributed by atoms with E-state index in [9.17, 15) is 9.90 Å². The van der Waals surface area contributed by atoms with Crippen LogP contribution in [0.3, 0.4) is 0 Å². The summed E-state index contributed by atoms with van der Waals surface area (Å²) >= 11 is 3.51. The van der Waals surface area contributed by atoms with Gasteiger partial charge < -0.3 is 9.67 Å². The number of rotatable bonds is 5. The molecule has 1 fully saturated rings. The monoisotopic (exact) mass is 544 g/mol. The molecule has 2 aromatic carbocycles. The molecule has 5 aromatic rings. The van der Waals surface area contributed by atoms with Gasteiger partial charge in [0.1, 0.15) is 16.2 Å². The van der Waals surface area contributed by atoms with Crippen molar-refractivity contribution >= 4 is 27.1 Å². The van der Waals surface area contributed by atoms with Gasteiger partial charge in [0.15, 0.2) is 5.65 Å². The Morgan fingerprint density at radius 3 is 2.44 bits per heavy atom. The van der Waals surface area contributed by atoms with Gasteiger partial charge >= 0.3 is 5.69 Å². The Kier molecular flexibility index (Phi) is 5.73. The lowest BCUT2D eigenvalue weighted by Crippen LogP contribution is -2.29. The summed E-state index contributed by atoms with van der Waals surface area (Å²) in [4.78, 5) is 25.3. The second-order valence-corrected chi connectivity index (χ2v) is 9.97. The number of pyridine rings is 1. The van der Waals surface area contributed by atoms with E-state index in [1.807, 2.05) is 70.9 Å². The number of imidazole rings is 2. The van der Waals surface area contributed by atoms with Gasteiger partial charge in [-0.05, 0) is 69.9 Å². The summed E-state index contributed by atoms with van der Waals surface area (Å²) < 4.78 is 6.60. The number of benzene rings is 2. The minimum atomic E-state index is -0.0762. The molecule has 0 radical (unpaired) electrons. The highest BCUT2D eigenvalue weighted by atomic mass is 79.9. The molecule has 1 aliphatic rings. The van der Waals surface area contributed by atoms with Gasteiger partial charge in [-0.3, -0.25) is 14.0 Å². The van der Waals surface area contributed by atoms with Crippen LogP contribution in [0.2, 0.25) is 0 Å². The van der Waals surface area contributed by atoms with Crippen LogP contribution in [0.1, 0.15) is 18.3 Å². The first-order valence-corrected chi connectivity index (χ1v) is 12.6. The molecule has 182 valence electrons. The maximum Gasteiger partial charge on any atom is 0.335 e. The average molecular weight is 545 g/mol. The fourth-order valence-electron chi connectivity index (χ4n) is 5.02. The van der Waals surface area contributed by atoms with Crippen LogP contribution in [0, 0.1) is 0 Å². The highest BCUT2D eigenvalue weighted by Gasteiger charge is 2.29. The Morgan fingerprint density at radius 1 is 1.03 bits per heavy atom. The molecule has 1 aliphatic heterocycles. The van der Waals surface area contributed by atoms with Crippen molar-refractivity contribution in [2.45, 2.75) is 19.0 Å². The molecule has 1 unspecified atom stereocenters. The lowest BCUT2D eigenvalue weighted by atomic mass is 10.1. The second kappa shape index (κ2) is 9.07. The van der Waals surface area contributed by atoms with Crippen LogP contribution in [0.15, 0.2) is 82.5 Å². The summed E-state index contributed by atoms with van der Waals surface area (Å²) in [6, 6.07) is 18.9. The molecular weight excluding hydrogens is 520 g/mol. The van der Waals surface area contributed by atoms with Crippen molar-refractivity contribution in [3.63, 3.8) is 0 Å². The van der Waals surface area contributed by atoms with Gasteiger partial charge in [0.25, 0.3) is 0 Å². The molecule has 4 heterocycles. The smallest absolute Gasteiger partial charge is 0.335 e. The van der Waals surface area contributed by atoms with E-state index in [1.165, 1.54) is 0 Å². The number of aromatic nitrogens is 5. The van der Waals surface area contributed by atoms with Crippen molar-refractivity contribution in [1.29, 1.82) is 0 Å². The number of hydrogen-bond acceptors (Lipinski definition) is 5. The van der Waals surface area contributed by atoms with Crippen LogP contribution < -0.4 is 5.69 Å². The maximum absolute atomic E-state index is 13.8. The summed E-state index contributed by atoms with van der Waals surface area (Å²) in [5, 5.41) is 9.57. The van der Waals surface area contributed by atoms with E-state index in [0.717, 1.165) is 58.8 Å². The SMILES string of the molecule is Cn1c(Br)cnc1CN1CCC(n2c(=O)n(-c3ccc(-c4ccc(O)cc4)cc3)c3cccnc32)C1. The third-order valence-electron chi connectivity index (χ3n) is 6.96. The van der Waals surface area contributed by atoms with Crippen molar-refractivity contribution in [2.24, 2.45) is 7.05 Å². The number of likely N-dealkylation sites (tertiary alicyclic amines) is 1. The van der Waals surface area contributed by atoms with Crippen LogP contribution in [0.5, 0.6) is 5.75 Å². The highest BCUT2D eigenvalue weighted by molar-refractivity contribution is 9.10. The van der Waals surface area contributed by atoms with Crippen LogP contribution in [0.4, 0.5) is 0 Å². The standard InChI is InChI=1S/C27H25BrN6O2/c1-31-24(28)15-30-25(31)17-32-14-12-21(16-32)34-26-23(3-2-13-29-26)33(27(34)36)20-8-4-18(5-9-20)19-6-10-22(35)11-7-19/h2-11,13,15,21,35H,12,14,16-17H2,1H3. The average Bonchev–Trinajstić information content (AvgIpc) is 3.56. The van der Waals surface area contributed by atoms with Crippen molar-refractivity contribution in [2.75, 3.05) is 13.1 Å². The van der Waals surface area contributed by atoms with Crippen LogP contribution in [-0.4, -0.2) is 46.8 Å². The van der Waals surface area contributed by atoms with E-state index in [0.29, 0.717) is 5.65 Å². The molecule has 6 rings (SSSR count). The molecule has 9 heteroatoms. The van der Waals surface area contributed by atoms with Gasteiger partial charge in [0.2, 0.25) is 0 Å². The second-order valence-electron chi connectivity index (χ2n) is 9.16. The van der Waals surface area contributed by atoms with Crippen molar-refractivity contribution < 1.29 is 5.11 Å². The molecule has 0 bridgehead atoms. The Hall–Kier alpha value is -3.69. The first kappa shape index (κ1) is 22.8. The molecule has 36 heavy (non-hydrogen) atoms. The zero-order valence-electron chi connectivity index (χ0n) is 19.8. The van der Waals surface area contributed by atoms with E-state index in [4.69, 9.17) is 0 Å². The molecule has 1 saturated heterocycles. The van der Waals surface area contributed by atoms with Crippen LogP contribution in [-0.2, 0) is 13.6 Å².